The summed E-state index contributed by atoms with van der Waals surface area (Å²) in [6, 6.07) is 0. The molecule has 1 unspecified atom stereocenters. The van der Waals surface area contributed by atoms with Gasteiger partial charge in [0.15, 0.2) is 0 Å². The zero-order chi connectivity index (χ0) is 10.8. The largest absolute Gasteiger partial charge is 0.481 e. The summed E-state index contributed by atoms with van der Waals surface area (Å²) in [5.74, 6) is -1.04. The van der Waals surface area contributed by atoms with Gasteiger partial charge in [-0.15, -0.1) is 0 Å². The smallest absolute Gasteiger partial charge is 0.303 e. The van der Waals surface area contributed by atoms with Crippen LogP contribution in [0.4, 0.5) is 0 Å². The van der Waals surface area contributed by atoms with Crippen LogP contribution < -0.4 is 5.56 Å². The van der Waals surface area contributed by atoms with E-state index in [0.29, 0.717) is 5.56 Å². The molecule has 1 atom stereocenters. The fourth-order valence-electron chi connectivity index (χ4n) is 2.14. The molecule has 1 aliphatic rings. The fraction of sp³-hybridized carbons (Fsp3) is 0.500. The van der Waals surface area contributed by atoms with E-state index in [-0.39, 0.29) is 17.9 Å². The van der Waals surface area contributed by atoms with Crippen LogP contribution in [0, 0.1) is 0 Å². The van der Waals surface area contributed by atoms with E-state index in [2.05, 4.69) is 9.97 Å². The van der Waals surface area contributed by atoms with Crippen molar-refractivity contribution in [3.05, 3.63) is 27.9 Å². The molecule has 0 aliphatic heterocycles. The predicted octanol–water partition coefficient (Wildman–Crippen LogP) is 0.664. The molecule has 0 saturated carbocycles. The third-order valence-electron chi connectivity index (χ3n) is 2.77. The minimum Gasteiger partial charge on any atom is -0.481 e. The molecular formula is C10H12N2O3. The number of hydrogen-bond acceptors (Lipinski definition) is 3. The molecule has 2 N–H and O–H groups in total. The first-order valence-electron chi connectivity index (χ1n) is 4.96. The van der Waals surface area contributed by atoms with Crippen molar-refractivity contribution in [3.63, 3.8) is 0 Å². The average molecular weight is 208 g/mol. The third-order valence-corrected chi connectivity index (χ3v) is 2.77. The van der Waals surface area contributed by atoms with Gasteiger partial charge >= 0.3 is 5.97 Å². The zero-order valence-corrected chi connectivity index (χ0v) is 8.19. The Balaban J connectivity index is 2.41. The standard InChI is InChI=1S/C10H12N2O3/c13-8(14)4-6-2-1-3-7-9(6)10(15)12-5-11-7/h5-6H,1-4H2,(H,13,14)(H,11,12,15). The number of aliphatic carboxylic acids is 1. The first-order valence-corrected chi connectivity index (χ1v) is 4.96. The highest BCUT2D eigenvalue weighted by Crippen LogP contribution is 2.29. The molecule has 5 nitrogen and oxygen atoms in total. The van der Waals surface area contributed by atoms with Crippen molar-refractivity contribution in [1.82, 2.24) is 9.97 Å². The van der Waals surface area contributed by atoms with E-state index in [4.69, 9.17) is 5.11 Å². The Morgan fingerprint density at radius 3 is 3.20 bits per heavy atom. The molecule has 0 bridgehead atoms. The van der Waals surface area contributed by atoms with Crippen molar-refractivity contribution in [2.45, 2.75) is 31.6 Å². The van der Waals surface area contributed by atoms with E-state index in [0.717, 1.165) is 25.0 Å². The van der Waals surface area contributed by atoms with Gasteiger partial charge in [0.25, 0.3) is 5.56 Å². The Morgan fingerprint density at radius 1 is 1.67 bits per heavy atom. The lowest BCUT2D eigenvalue weighted by Gasteiger charge is -2.21. The van der Waals surface area contributed by atoms with Crippen LogP contribution in [0.15, 0.2) is 11.1 Å². The Kier molecular flexibility index (Phi) is 2.53. The second-order valence-corrected chi connectivity index (χ2v) is 3.78. The van der Waals surface area contributed by atoms with Crippen molar-refractivity contribution in [3.8, 4) is 0 Å². The normalized spacial score (nSPS) is 19.6. The number of H-pyrrole nitrogens is 1. The van der Waals surface area contributed by atoms with Gasteiger partial charge in [-0.2, -0.15) is 0 Å². The maximum atomic E-state index is 11.6. The molecule has 0 fully saturated rings. The number of nitrogens with one attached hydrogen (secondary N) is 1. The van der Waals surface area contributed by atoms with Gasteiger partial charge in [0, 0.05) is 11.5 Å². The van der Waals surface area contributed by atoms with Crippen LogP contribution in [0.1, 0.15) is 36.4 Å². The number of hydrogen-bond donors (Lipinski definition) is 2. The highest BCUT2D eigenvalue weighted by Gasteiger charge is 2.25. The minimum atomic E-state index is -0.865. The molecule has 0 radical (unpaired) electrons. The molecule has 80 valence electrons. The van der Waals surface area contributed by atoms with Crippen LogP contribution in [-0.4, -0.2) is 21.0 Å². The highest BCUT2D eigenvalue weighted by molar-refractivity contribution is 5.68. The first-order chi connectivity index (χ1) is 7.18. The molecule has 0 aromatic carbocycles. The number of aromatic nitrogens is 2. The van der Waals surface area contributed by atoms with Crippen LogP contribution in [-0.2, 0) is 11.2 Å². The number of fused-ring (bicyclic) bond motifs is 1. The third kappa shape index (κ3) is 1.91. The number of aromatic amines is 1. The molecule has 0 spiro atoms. The second-order valence-electron chi connectivity index (χ2n) is 3.78. The Hall–Kier alpha value is -1.65. The van der Waals surface area contributed by atoms with Gasteiger partial charge in [-0.25, -0.2) is 4.98 Å². The van der Waals surface area contributed by atoms with Crippen LogP contribution >= 0.6 is 0 Å². The average Bonchev–Trinajstić information content (AvgIpc) is 2.17. The fourth-order valence-corrected chi connectivity index (χ4v) is 2.14. The monoisotopic (exact) mass is 208 g/mol. The van der Waals surface area contributed by atoms with E-state index >= 15 is 0 Å². The van der Waals surface area contributed by atoms with E-state index in [1.54, 1.807) is 0 Å². The SMILES string of the molecule is O=C(O)CC1CCCc2nc[nH]c(=O)c21. The van der Waals surface area contributed by atoms with E-state index in [1.807, 2.05) is 0 Å². The number of nitrogens with zero attached hydrogens (tertiary/aromatic N) is 1. The summed E-state index contributed by atoms with van der Waals surface area (Å²) in [5.41, 5.74) is 1.15. The van der Waals surface area contributed by atoms with E-state index < -0.39 is 5.97 Å². The lowest BCUT2D eigenvalue weighted by Crippen LogP contribution is -2.25. The lowest BCUT2D eigenvalue weighted by molar-refractivity contribution is -0.137. The Morgan fingerprint density at radius 2 is 2.47 bits per heavy atom. The molecule has 0 saturated heterocycles. The summed E-state index contributed by atoms with van der Waals surface area (Å²) < 4.78 is 0. The maximum absolute atomic E-state index is 11.6. The summed E-state index contributed by atoms with van der Waals surface area (Å²) in [6.07, 6.45) is 3.83. The predicted molar refractivity (Wildman–Crippen MR) is 52.8 cm³/mol. The van der Waals surface area contributed by atoms with Crippen molar-refractivity contribution >= 4 is 5.97 Å². The molecule has 1 aliphatic carbocycles. The number of carboxylic acids is 1. The van der Waals surface area contributed by atoms with Crippen molar-refractivity contribution in [1.29, 1.82) is 0 Å². The van der Waals surface area contributed by atoms with Crippen LogP contribution in [0.25, 0.3) is 0 Å². The second kappa shape index (κ2) is 3.84. The van der Waals surface area contributed by atoms with Gasteiger partial charge in [0.2, 0.25) is 0 Å². The summed E-state index contributed by atoms with van der Waals surface area (Å²) in [6.45, 7) is 0. The number of carboxylic acid groups (broad SMARTS) is 1. The minimum absolute atomic E-state index is 0.0156. The molecule has 1 aromatic heterocycles. The van der Waals surface area contributed by atoms with Gasteiger partial charge in [-0.1, -0.05) is 0 Å². The summed E-state index contributed by atoms with van der Waals surface area (Å²) in [4.78, 5) is 28.8. The van der Waals surface area contributed by atoms with Gasteiger partial charge in [-0.05, 0) is 19.3 Å². The van der Waals surface area contributed by atoms with E-state index in [1.165, 1.54) is 6.33 Å². The topological polar surface area (TPSA) is 83.0 Å². The molecule has 0 amide bonds. The summed E-state index contributed by atoms with van der Waals surface area (Å²) >= 11 is 0. The summed E-state index contributed by atoms with van der Waals surface area (Å²) in [7, 11) is 0. The van der Waals surface area contributed by atoms with Crippen LogP contribution in [0.5, 0.6) is 0 Å². The first kappa shape index (κ1) is 9.89. The molecule has 2 rings (SSSR count). The number of rotatable bonds is 2. The zero-order valence-electron chi connectivity index (χ0n) is 8.19. The van der Waals surface area contributed by atoms with Crippen molar-refractivity contribution in [2.24, 2.45) is 0 Å². The highest BCUT2D eigenvalue weighted by atomic mass is 16.4. The number of aryl methyl sites for hydroxylation is 1. The quantitative estimate of drug-likeness (QED) is 0.748. The Labute approximate surface area is 86.2 Å². The lowest BCUT2D eigenvalue weighted by atomic mass is 9.84. The molecule has 1 aromatic rings. The van der Waals surface area contributed by atoms with Gasteiger partial charge in [-0.3, -0.25) is 9.59 Å². The molecular weight excluding hydrogens is 196 g/mol. The molecule has 1 heterocycles. The van der Waals surface area contributed by atoms with Gasteiger partial charge < -0.3 is 10.1 Å². The molecule has 5 heteroatoms. The van der Waals surface area contributed by atoms with E-state index in [9.17, 15) is 9.59 Å². The van der Waals surface area contributed by atoms with Gasteiger partial charge in [0.05, 0.1) is 18.4 Å². The summed E-state index contributed by atoms with van der Waals surface area (Å²) in [5, 5.41) is 8.75. The maximum Gasteiger partial charge on any atom is 0.303 e. The van der Waals surface area contributed by atoms with Crippen molar-refractivity contribution < 1.29 is 9.90 Å². The Bertz CT molecular complexity index is 439. The van der Waals surface area contributed by atoms with Crippen LogP contribution in [0.3, 0.4) is 0 Å². The molecule has 15 heavy (non-hydrogen) atoms. The van der Waals surface area contributed by atoms with Gasteiger partial charge in [0.1, 0.15) is 0 Å². The van der Waals surface area contributed by atoms with Crippen LogP contribution in [0.2, 0.25) is 0 Å². The van der Waals surface area contributed by atoms with Crippen molar-refractivity contribution in [2.75, 3.05) is 0 Å². The number of carbonyl (C=O) groups is 1.